The van der Waals surface area contributed by atoms with Crippen molar-refractivity contribution < 1.29 is 14.3 Å². The molecule has 0 saturated carbocycles. The third-order valence-electron chi connectivity index (χ3n) is 5.28. The molecule has 3 aromatic rings. The zero-order valence-corrected chi connectivity index (χ0v) is 18.6. The van der Waals surface area contributed by atoms with E-state index in [4.69, 9.17) is 4.74 Å². The number of carbonyl (C=O) groups excluding carboxylic acids is 2. The maximum Gasteiger partial charge on any atom is 0.274 e. The lowest BCUT2D eigenvalue weighted by molar-refractivity contribution is -0.121. The number of likely N-dealkylation sites (tertiary alicyclic amines) is 1. The van der Waals surface area contributed by atoms with Crippen molar-refractivity contribution in [2.24, 2.45) is 5.92 Å². The lowest BCUT2D eigenvalue weighted by atomic mass is 9.95. The van der Waals surface area contributed by atoms with Gasteiger partial charge in [0.05, 0.1) is 12.8 Å². The van der Waals surface area contributed by atoms with E-state index >= 15 is 0 Å². The number of hydrogen-bond acceptors (Lipinski definition) is 5. The molecule has 9 heteroatoms. The summed E-state index contributed by atoms with van der Waals surface area (Å²) in [7, 11) is 1.62. The molecule has 160 valence electrons. The van der Waals surface area contributed by atoms with E-state index in [9.17, 15) is 9.59 Å². The van der Waals surface area contributed by atoms with Crippen molar-refractivity contribution in [3.63, 3.8) is 0 Å². The molecular formula is C22H22BrN5O3. The molecule has 0 aliphatic carbocycles. The number of benzene rings is 1. The maximum absolute atomic E-state index is 12.9. The number of ether oxygens (including phenoxy) is 1. The topological polar surface area (TPSA) is 89.4 Å². The quantitative estimate of drug-likeness (QED) is 0.599. The minimum Gasteiger partial charge on any atom is -0.497 e. The van der Waals surface area contributed by atoms with Crippen LogP contribution in [-0.4, -0.2) is 51.7 Å². The Morgan fingerprint density at radius 3 is 2.48 bits per heavy atom. The van der Waals surface area contributed by atoms with Gasteiger partial charge in [-0.15, -0.1) is 0 Å². The first-order chi connectivity index (χ1) is 15.0. The average Bonchev–Trinajstić information content (AvgIpc) is 3.30. The predicted molar refractivity (Wildman–Crippen MR) is 119 cm³/mol. The van der Waals surface area contributed by atoms with E-state index in [2.05, 4.69) is 31.3 Å². The zero-order chi connectivity index (χ0) is 21.8. The predicted octanol–water partition coefficient (Wildman–Crippen LogP) is 3.53. The number of pyridine rings is 1. The summed E-state index contributed by atoms with van der Waals surface area (Å²) in [5.74, 6) is 0.948. The second-order valence-corrected chi connectivity index (χ2v) is 8.18. The van der Waals surface area contributed by atoms with Crippen LogP contribution in [0.3, 0.4) is 0 Å². The highest BCUT2D eigenvalue weighted by molar-refractivity contribution is 9.10. The fourth-order valence-electron chi connectivity index (χ4n) is 3.50. The van der Waals surface area contributed by atoms with Crippen molar-refractivity contribution in [2.45, 2.75) is 12.8 Å². The van der Waals surface area contributed by atoms with Gasteiger partial charge in [-0.3, -0.25) is 9.59 Å². The first-order valence-corrected chi connectivity index (χ1v) is 10.7. The van der Waals surface area contributed by atoms with Gasteiger partial charge in [-0.25, -0.2) is 9.67 Å². The Bertz CT molecular complexity index is 1060. The highest BCUT2D eigenvalue weighted by atomic mass is 79.9. The lowest BCUT2D eigenvalue weighted by Crippen LogP contribution is -2.41. The maximum atomic E-state index is 12.9. The third kappa shape index (κ3) is 4.93. The molecule has 31 heavy (non-hydrogen) atoms. The first kappa shape index (κ1) is 21.0. The van der Waals surface area contributed by atoms with Gasteiger partial charge in [0.25, 0.3) is 5.91 Å². The molecule has 1 aromatic carbocycles. The molecular weight excluding hydrogens is 462 g/mol. The Morgan fingerprint density at radius 2 is 1.84 bits per heavy atom. The molecule has 0 bridgehead atoms. The van der Waals surface area contributed by atoms with Crippen LogP contribution in [-0.2, 0) is 4.79 Å². The second kappa shape index (κ2) is 9.30. The summed E-state index contributed by atoms with van der Waals surface area (Å²) in [5, 5.41) is 7.27. The average molecular weight is 484 g/mol. The van der Waals surface area contributed by atoms with E-state index in [1.807, 2.05) is 30.3 Å². The van der Waals surface area contributed by atoms with E-state index in [-0.39, 0.29) is 17.7 Å². The van der Waals surface area contributed by atoms with Gasteiger partial charge >= 0.3 is 0 Å². The summed E-state index contributed by atoms with van der Waals surface area (Å²) in [6.07, 6.45) is 4.61. The molecule has 2 aromatic heterocycles. The highest BCUT2D eigenvalue weighted by Gasteiger charge is 2.29. The molecule has 0 radical (unpaired) electrons. The number of nitrogens with zero attached hydrogens (tertiary/aromatic N) is 4. The van der Waals surface area contributed by atoms with Gasteiger partial charge < -0.3 is 15.0 Å². The number of anilines is 1. The highest BCUT2D eigenvalue weighted by Crippen LogP contribution is 2.21. The number of rotatable bonds is 5. The molecule has 3 heterocycles. The summed E-state index contributed by atoms with van der Waals surface area (Å²) < 4.78 is 7.69. The number of piperidine rings is 1. The van der Waals surface area contributed by atoms with Crippen molar-refractivity contribution in [3.8, 4) is 11.4 Å². The Balaban J connectivity index is 1.33. The summed E-state index contributed by atoms with van der Waals surface area (Å²) >= 11 is 3.32. The standard InChI is InChI=1S/C22H22BrN5O3/c1-31-18-5-3-17(4-6-18)28-13-10-19(26-28)22(30)27-11-8-15(9-12-27)21(29)25-20-7-2-16(23)14-24-20/h2-7,10,13-15H,8-9,11-12H2,1H3,(H,24,25,29). The summed E-state index contributed by atoms with van der Waals surface area (Å²) in [4.78, 5) is 31.3. The fraction of sp³-hybridized carbons (Fsp3) is 0.273. The second-order valence-electron chi connectivity index (χ2n) is 7.26. The monoisotopic (exact) mass is 483 g/mol. The Hall–Kier alpha value is -3.20. The van der Waals surface area contributed by atoms with Gasteiger partial charge in [0.1, 0.15) is 11.6 Å². The third-order valence-corrected chi connectivity index (χ3v) is 5.75. The van der Waals surface area contributed by atoms with Crippen molar-refractivity contribution in [1.82, 2.24) is 19.7 Å². The molecule has 4 rings (SSSR count). The van der Waals surface area contributed by atoms with Crippen LogP contribution in [0.15, 0.2) is 59.3 Å². The van der Waals surface area contributed by atoms with Crippen LogP contribution in [0.1, 0.15) is 23.3 Å². The number of aromatic nitrogens is 3. The van der Waals surface area contributed by atoms with Gasteiger partial charge in [0.2, 0.25) is 5.91 Å². The van der Waals surface area contributed by atoms with Crippen molar-refractivity contribution in [3.05, 3.63) is 65.0 Å². The Morgan fingerprint density at radius 1 is 1.10 bits per heavy atom. The molecule has 0 spiro atoms. The molecule has 1 saturated heterocycles. The number of carbonyl (C=O) groups is 2. The first-order valence-electron chi connectivity index (χ1n) is 9.95. The van der Waals surface area contributed by atoms with Crippen molar-refractivity contribution in [1.29, 1.82) is 0 Å². The van der Waals surface area contributed by atoms with Crippen LogP contribution in [0.2, 0.25) is 0 Å². The number of methoxy groups -OCH3 is 1. The smallest absolute Gasteiger partial charge is 0.274 e. The molecule has 8 nitrogen and oxygen atoms in total. The summed E-state index contributed by atoms with van der Waals surface area (Å²) in [6.45, 7) is 1.03. The molecule has 0 unspecified atom stereocenters. The van der Waals surface area contributed by atoms with Gasteiger partial charge in [-0.2, -0.15) is 5.10 Å². The SMILES string of the molecule is COc1ccc(-n2ccc(C(=O)N3CCC(C(=O)Nc4ccc(Br)cn4)CC3)n2)cc1. The van der Waals surface area contributed by atoms with Crippen LogP contribution < -0.4 is 10.1 Å². The molecule has 0 atom stereocenters. The van der Waals surface area contributed by atoms with E-state index < -0.39 is 0 Å². The normalized spacial score (nSPS) is 14.3. The van der Waals surface area contributed by atoms with Crippen LogP contribution in [0.5, 0.6) is 5.75 Å². The van der Waals surface area contributed by atoms with Crippen LogP contribution in [0, 0.1) is 5.92 Å². The van der Waals surface area contributed by atoms with Gasteiger partial charge in [-0.05, 0) is 71.2 Å². The number of amides is 2. The van der Waals surface area contributed by atoms with Crippen LogP contribution >= 0.6 is 15.9 Å². The number of halogens is 1. The van der Waals surface area contributed by atoms with E-state index in [0.29, 0.717) is 37.4 Å². The minimum absolute atomic E-state index is 0.0642. The number of hydrogen-bond donors (Lipinski definition) is 1. The van der Waals surface area contributed by atoms with E-state index in [1.54, 1.807) is 41.2 Å². The summed E-state index contributed by atoms with van der Waals surface area (Å²) in [5.41, 5.74) is 1.23. The molecule has 1 N–H and O–H groups in total. The largest absolute Gasteiger partial charge is 0.497 e. The van der Waals surface area contributed by atoms with Gasteiger partial charge in [0.15, 0.2) is 5.69 Å². The van der Waals surface area contributed by atoms with Crippen LogP contribution in [0.25, 0.3) is 5.69 Å². The van der Waals surface area contributed by atoms with E-state index in [1.165, 1.54) is 0 Å². The fourth-order valence-corrected chi connectivity index (χ4v) is 3.74. The Labute approximate surface area is 188 Å². The molecule has 1 fully saturated rings. The lowest BCUT2D eigenvalue weighted by Gasteiger charge is -2.30. The van der Waals surface area contributed by atoms with Gasteiger partial charge in [0, 0.05) is 35.9 Å². The van der Waals surface area contributed by atoms with Gasteiger partial charge in [-0.1, -0.05) is 0 Å². The molecule has 1 aliphatic heterocycles. The molecule has 1 aliphatic rings. The van der Waals surface area contributed by atoms with Crippen LogP contribution in [0.4, 0.5) is 5.82 Å². The Kier molecular flexibility index (Phi) is 6.31. The summed E-state index contributed by atoms with van der Waals surface area (Å²) in [6, 6.07) is 12.7. The minimum atomic E-state index is -0.147. The van der Waals surface area contributed by atoms with Crippen molar-refractivity contribution >= 4 is 33.6 Å². The zero-order valence-electron chi connectivity index (χ0n) is 17.0. The van der Waals surface area contributed by atoms with E-state index in [0.717, 1.165) is 15.9 Å². The van der Waals surface area contributed by atoms with Crippen molar-refractivity contribution in [2.75, 3.05) is 25.5 Å². The molecule has 2 amide bonds. The number of nitrogens with one attached hydrogen (secondary N) is 1.